The van der Waals surface area contributed by atoms with Crippen molar-refractivity contribution in [3.8, 4) is 23.0 Å². The van der Waals surface area contributed by atoms with E-state index in [2.05, 4.69) is 136 Å². The van der Waals surface area contributed by atoms with E-state index in [1.807, 2.05) is 47.9 Å². The molecule has 4 heterocycles. The Kier molecular flexibility index (Phi) is 39.8. The first-order valence-electron chi connectivity index (χ1n) is 41.6. The number of halogens is 2. The Hall–Kier alpha value is -8.60. The van der Waals surface area contributed by atoms with Gasteiger partial charge in [0, 0.05) is 128 Å². The fourth-order valence-corrected chi connectivity index (χ4v) is 13.1. The summed E-state index contributed by atoms with van der Waals surface area (Å²) in [6.07, 6.45) is 15.3. The number of oxime groups is 1. The van der Waals surface area contributed by atoms with Crippen molar-refractivity contribution in [2.24, 2.45) is 21.0 Å². The van der Waals surface area contributed by atoms with E-state index in [1.54, 1.807) is 110 Å². The Labute approximate surface area is 703 Å². The SMILES string of the molecule is CCC1=NOC(C(N(C)C(=O)CCCCCn2c(C)nc3cnccc32)C(C)(C)C)=NC1.CCCCOc1cc(N2CCOCC2)c(C)cc1N(C)C(=O)CCCOc1ccc(C(C)(C)CC)cc1C(C)(C)CC.CCN(C)C(=O)CCCC(=O)c1ccc(OC(=O)C(C)(C)C)cc1.Cc1c(Cl)ccc(OCCCC(=O)N(C)C)c1Cl. The van der Waals surface area contributed by atoms with Crippen LogP contribution in [-0.4, -0.2) is 177 Å². The number of fused-ring (bicyclic) bond motifs is 1. The number of imidazole rings is 1. The number of hydrogen-bond donors (Lipinski definition) is 0. The number of ketones is 1. The van der Waals surface area contributed by atoms with Crippen molar-refractivity contribution in [3.05, 3.63) is 129 Å². The van der Waals surface area contributed by atoms with Crippen LogP contribution in [0.15, 0.2) is 95.3 Å². The van der Waals surface area contributed by atoms with Gasteiger partial charge in [0.1, 0.15) is 40.4 Å². The summed E-state index contributed by atoms with van der Waals surface area (Å²) in [5, 5.41) is 5.33. The summed E-state index contributed by atoms with van der Waals surface area (Å²) in [5.74, 6) is 4.23. The molecule has 1 atom stereocenters. The van der Waals surface area contributed by atoms with Gasteiger partial charge in [-0.15, -0.1) is 0 Å². The van der Waals surface area contributed by atoms with Crippen LogP contribution >= 0.6 is 23.2 Å². The first-order chi connectivity index (χ1) is 54.7. The summed E-state index contributed by atoms with van der Waals surface area (Å²) in [6, 6.07) is 22.7. The molecule has 116 heavy (non-hydrogen) atoms. The summed E-state index contributed by atoms with van der Waals surface area (Å²) in [5.41, 5.74) is 9.37. The van der Waals surface area contributed by atoms with E-state index in [-0.39, 0.29) is 57.7 Å². The number of aryl methyl sites for hydroxylation is 3. The average molecular weight is 1650 g/mol. The molecule has 1 fully saturated rings. The number of benzene rings is 4. The number of ether oxygens (including phenoxy) is 5. The summed E-state index contributed by atoms with van der Waals surface area (Å²) in [6.45, 7) is 44.2. The Morgan fingerprint density at radius 3 is 1.84 bits per heavy atom. The molecule has 0 aliphatic carbocycles. The Morgan fingerprint density at radius 1 is 0.629 bits per heavy atom. The standard InChI is InChI=1S/C36H56N2O4.C24H36N6O2.C19H27NO4.C13H17Cl2NO2/c1-10-13-20-42-33-26-30(38-18-22-40-23-19-38)27(4)24-31(33)37(9)34(39)15-14-21-41-32-17-16-28(35(5,6)11-2)25-29(32)36(7,8)12-3;1-7-18-15-26-23(32-28-18)22(24(3,4)5)29(6)21(31)11-9-8-10-14-30-17(2)27-19-16-25-13-12-20(19)30;1-6-20(5)17(22)9-7-8-16(21)14-10-12-15(13-11-14)24-18(23)19(2,3)4;1-9-10(14)6-7-11(13(9)15)18-8-4-5-12(17)16(2)3/h16-17,24-26H,10-15,18-23H2,1-9H3;12-13,16,22H,7-11,14-15H2,1-6H3;10-13H,6-9H2,1-5H3;6-7H,4-5,8H2,1-3H3. The number of unbranched alkanes of at least 4 members (excludes halogenated alkanes) is 3. The van der Waals surface area contributed by atoms with Crippen molar-refractivity contribution in [1.29, 1.82) is 0 Å². The van der Waals surface area contributed by atoms with Gasteiger partial charge in [-0.05, 0) is 194 Å². The van der Waals surface area contributed by atoms with Crippen molar-refractivity contribution in [1.82, 2.24) is 29.2 Å². The third-order valence-corrected chi connectivity index (χ3v) is 22.3. The number of likely N-dealkylation sites (N-methyl/N-ethyl adjacent to an activating group) is 1. The molecule has 4 aromatic carbocycles. The van der Waals surface area contributed by atoms with E-state index >= 15 is 0 Å². The minimum Gasteiger partial charge on any atom is -0.493 e. The Balaban J connectivity index is 0.000000289. The topological polar surface area (TPSA) is 229 Å². The Morgan fingerprint density at radius 2 is 1.24 bits per heavy atom. The fraction of sp³-hybridized carbons (Fsp3) is 0.587. The molecule has 1 saturated heterocycles. The van der Waals surface area contributed by atoms with Gasteiger partial charge in [0.2, 0.25) is 29.5 Å². The molecule has 0 radical (unpaired) electrons. The lowest BCUT2D eigenvalue weighted by atomic mass is 9.76. The van der Waals surface area contributed by atoms with Crippen molar-refractivity contribution in [3.63, 3.8) is 0 Å². The second-order valence-corrected chi connectivity index (χ2v) is 34.4. The molecule has 2 aliphatic rings. The largest absolute Gasteiger partial charge is 0.493 e. The number of morpholine rings is 1. The van der Waals surface area contributed by atoms with Crippen LogP contribution in [0.2, 0.25) is 10.0 Å². The molecular formula is C92H136Cl2N10O12. The van der Waals surface area contributed by atoms with Crippen molar-refractivity contribution >= 4 is 92.6 Å². The Bertz CT molecular complexity index is 4230. The number of Topliss-reactive ketones (excluding diaryl/α,β-unsaturated/α-hetero) is 1. The van der Waals surface area contributed by atoms with Gasteiger partial charge < -0.3 is 57.6 Å². The molecule has 0 saturated carbocycles. The number of aromatic nitrogens is 3. The highest BCUT2D eigenvalue weighted by Gasteiger charge is 2.38. The van der Waals surface area contributed by atoms with Crippen LogP contribution in [-0.2, 0) is 50.9 Å². The van der Waals surface area contributed by atoms with Gasteiger partial charge in [-0.25, -0.2) is 9.98 Å². The van der Waals surface area contributed by atoms with Crippen LogP contribution in [0.3, 0.4) is 0 Å². The number of nitrogens with zero attached hydrogens (tertiary/aromatic N) is 10. The van der Waals surface area contributed by atoms with E-state index in [4.69, 9.17) is 51.7 Å². The lowest BCUT2D eigenvalue weighted by Gasteiger charge is -2.37. The maximum absolute atomic E-state index is 13.4. The van der Waals surface area contributed by atoms with E-state index in [0.29, 0.717) is 117 Å². The molecule has 22 nitrogen and oxygen atoms in total. The normalized spacial score (nSPS) is 13.2. The maximum Gasteiger partial charge on any atom is 0.316 e. The first kappa shape index (κ1) is 98.0. The van der Waals surface area contributed by atoms with Gasteiger partial charge in [0.25, 0.3) is 0 Å². The highest BCUT2D eigenvalue weighted by atomic mass is 35.5. The first-order valence-corrected chi connectivity index (χ1v) is 42.3. The lowest BCUT2D eigenvalue weighted by molar-refractivity contribution is -0.143. The zero-order valence-electron chi connectivity index (χ0n) is 74.2. The number of aliphatic imine (C=N–C) groups is 1. The number of pyridine rings is 1. The second kappa shape index (κ2) is 47.1. The van der Waals surface area contributed by atoms with Gasteiger partial charge in [0.15, 0.2) is 5.78 Å². The predicted octanol–water partition coefficient (Wildman–Crippen LogP) is 19.6. The van der Waals surface area contributed by atoms with Crippen LogP contribution in [0.1, 0.15) is 245 Å². The molecule has 4 amide bonds. The van der Waals surface area contributed by atoms with Crippen molar-refractivity contribution in [2.45, 2.75) is 251 Å². The lowest BCUT2D eigenvalue weighted by Crippen LogP contribution is -2.51. The number of esters is 1. The third kappa shape index (κ3) is 30.1. The molecule has 2 aromatic heterocycles. The number of anilines is 2. The highest BCUT2D eigenvalue weighted by molar-refractivity contribution is 6.36. The molecule has 0 N–H and O–H groups in total. The second-order valence-electron chi connectivity index (χ2n) is 33.6. The van der Waals surface area contributed by atoms with E-state index in [0.717, 1.165) is 141 Å². The minimum atomic E-state index is -0.577. The molecule has 640 valence electrons. The van der Waals surface area contributed by atoms with Crippen LogP contribution in [0.25, 0.3) is 11.0 Å². The molecule has 8 rings (SSSR count). The molecule has 2 aliphatic heterocycles. The van der Waals surface area contributed by atoms with Crippen LogP contribution < -0.4 is 28.7 Å². The number of rotatable bonds is 36. The molecule has 6 aromatic rings. The summed E-state index contributed by atoms with van der Waals surface area (Å²) in [4.78, 5) is 101. The summed E-state index contributed by atoms with van der Waals surface area (Å²) >= 11 is 12.0. The minimum absolute atomic E-state index is 0.00459. The number of amides is 4. The molecular weight excluding hydrogens is 1510 g/mol. The third-order valence-electron chi connectivity index (χ3n) is 21.4. The summed E-state index contributed by atoms with van der Waals surface area (Å²) in [7, 11) is 8.93. The number of carbonyl (C=O) groups is 6. The number of hydrogen-bond acceptors (Lipinski definition) is 17. The van der Waals surface area contributed by atoms with Crippen molar-refractivity contribution < 1.29 is 57.3 Å². The molecule has 0 bridgehead atoms. The quantitative estimate of drug-likeness (QED) is 0.0154. The van der Waals surface area contributed by atoms with Gasteiger partial charge in [-0.3, -0.25) is 33.8 Å². The van der Waals surface area contributed by atoms with Gasteiger partial charge in [-0.2, -0.15) is 0 Å². The van der Waals surface area contributed by atoms with Gasteiger partial charge in [0.05, 0.1) is 73.1 Å². The van der Waals surface area contributed by atoms with E-state index in [1.165, 1.54) is 11.1 Å². The zero-order valence-corrected chi connectivity index (χ0v) is 75.7. The zero-order chi connectivity index (χ0) is 86.3. The molecule has 0 spiro atoms. The smallest absolute Gasteiger partial charge is 0.316 e. The van der Waals surface area contributed by atoms with Gasteiger partial charge >= 0.3 is 5.97 Å². The highest BCUT2D eigenvalue weighted by Crippen LogP contribution is 2.41. The number of carbonyl (C=O) groups excluding carboxylic acids is 6. The average Bonchev–Trinajstić information content (AvgIpc) is 1.28. The molecule has 24 heteroatoms. The van der Waals surface area contributed by atoms with Crippen LogP contribution in [0.5, 0.6) is 23.0 Å². The summed E-state index contributed by atoms with van der Waals surface area (Å²) < 4.78 is 31.2. The van der Waals surface area contributed by atoms with E-state index < -0.39 is 5.41 Å². The maximum atomic E-state index is 13.4. The monoisotopic (exact) mass is 1640 g/mol. The predicted molar refractivity (Wildman–Crippen MR) is 471 cm³/mol. The molecule has 1 unspecified atom stereocenters. The van der Waals surface area contributed by atoms with Crippen LogP contribution in [0, 0.1) is 31.6 Å². The fourth-order valence-electron chi connectivity index (χ4n) is 12.7. The van der Waals surface area contributed by atoms with Gasteiger partial charge in [-0.1, -0.05) is 129 Å². The van der Waals surface area contributed by atoms with E-state index in [9.17, 15) is 28.8 Å². The van der Waals surface area contributed by atoms with Crippen LogP contribution in [0.4, 0.5) is 11.4 Å². The van der Waals surface area contributed by atoms with Crippen molar-refractivity contribution in [2.75, 3.05) is 104 Å².